The first-order chi connectivity index (χ1) is 24.5. The number of hydrogen-bond acceptors (Lipinski definition) is 12. The summed E-state index contributed by atoms with van der Waals surface area (Å²) in [5, 5.41) is 29.7. The van der Waals surface area contributed by atoms with Crippen molar-refractivity contribution in [3.63, 3.8) is 0 Å². The van der Waals surface area contributed by atoms with E-state index in [1.165, 1.54) is 0 Å². The Morgan fingerprint density at radius 3 is 1.69 bits per heavy atom. The van der Waals surface area contributed by atoms with Gasteiger partial charge >= 0.3 is 0 Å². The van der Waals surface area contributed by atoms with Crippen LogP contribution < -0.4 is 0 Å². The summed E-state index contributed by atoms with van der Waals surface area (Å²) in [6.07, 6.45) is 9.03. The first kappa shape index (κ1) is 36.1. The number of likely N-dealkylation sites (tertiary alicyclic amines) is 2. The Morgan fingerprint density at radius 2 is 1.27 bits per heavy atom. The molecule has 1 N–H and O–H groups in total. The predicted molar refractivity (Wildman–Crippen MR) is 186 cm³/mol. The maximum absolute atomic E-state index is 12.6. The third-order valence-corrected chi connectivity index (χ3v) is 11.2. The number of fused-ring (bicyclic) bond motifs is 2. The lowest BCUT2D eigenvalue weighted by Gasteiger charge is -2.41. The summed E-state index contributed by atoms with van der Waals surface area (Å²) < 4.78 is 11.2. The van der Waals surface area contributed by atoms with E-state index in [2.05, 4.69) is 45.8 Å². The van der Waals surface area contributed by atoms with Gasteiger partial charge in [-0.15, -0.1) is 0 Å². The van der Waals surface area contributed by atoms with Gasteiger partial charge in [-0.25, -0.2) is 0 Å². The third kappa shape index (κ3) is 7.22. The van der Waals surface area contributed by atoms with E-state index in [0.717, 1.165) is 73.9 Å². The summed E-state index contributed by atoms with van der Waals surface area (Å²) >= 11 is 0. The maximum Gasteiger partial charge on any atom is 0.179 e. The Morgan fingerprint density at radius 1 is 0.824 bits per heavy atom. The van der Waals surface area contributed by atoms with Crippen molar-refractivity contribution in [3.8, 4) is 12.1 Å². The van der Waals surface area contributed by atoms with Crippen LogP contribution >= 0.6 is 0 Å². The van der Waals surface area contributed by atoms with E-state index in [-0.39, 0.29) is 52.7 Å². The van der Waals surface area contributed by atoms with Crippen LogP contribution in [-0.4, -0.2) is 94.3 Å². The molecule has 0 spiro atoms. The first-order valence-electron chi connectivity index (χ1n) is 17.5. The van der Waals surface area contributed by atoms with E-state index in [0.29, 0.717) is 42.2 Å². The number of piperidine rings is 2. The number of carbonyl (C=O) groups is 3. The number of pyridine rings is 2. The second kappa shape index (κ2) is 14.5. The standard InChI is InChI=1S/C21H25N3O3.C18H19N3O3/c1-21(27-2)5-7-24(8-6-21)19-15-10-17(20(26)13-3-4-13)23-12-14(15)9-18(25)16(19)11-22;1-18(24-2)3-5-21(6-4-18)17-14-8-13(11-22)20-10-12(14)7-16(23)15(17)9-19/h10,12-13,20,26H,3-9H2,1-2H3;8,10-11H,3-7H2,1-2H3. The van der Waals surface area contributed by atoms with Crippen molar-refractivity contribution in [2.45, 2.75) is 82.5 Å². The van der Waals surface area contributed by atoms with E-state index in [1.807, 2.05) is 6.07 Å². The minimum atomic E-state index is -0.571. The van der Waals surface area contributed by atoms with Gasteiger partial charge in [-0.2, -0.15) is 10.5 Å². The minimum absolute atomic E-state index is 0.150. The Hall–Kier alpha value is -4.75. The number of carbonyl (C=O) groups excluding carboxylic acids is 3. The molecular formula is C39H44N6O6. The number of aromatic nitrogens is 2. The number of aliphatic hydroxyl groups excluding tert-OH is 1. The monoisotopic (exact) mass is 692 g/mol. The van der Waals surface area contributed by atoms with Crippen molar-refractivity contribution < 1.29 is 29.0 Å². The first-order valence-corrected chi connectivity index (χ1v) is 17.5. The summed E-state index contributed by atoms with van der Waals surface area (Å²) in [6.45, 7) is 6.99. The fourth-order valence-corrected chi connectivity index (χ4v) is 7.36. The molecule has 0 aromatic carbocycles. The second-order valence-corrected chi connectivity index (χ2v) is 14.6. The molecule has 12 heteroatoms. The average molecular weight is 693 g/mol. The molecule has 12 nitrogen and oxygen atoms in total. The largest absolute Gasteiger partial charge is 0.387 e. The summed E-state index contributed by atoms with van der Waals surface area (Å²) in [5.41, 5.74) is 5.56. The molecule has 0 amide bonds. The zero-order valence-electron chi connectivity index (χ0n) is 29.7. The molecule has 3 aliphatic carbocycles. The van der Waals surface area contributed by atoms with Gasteiger partial charge in [0, 0.05) is 76.8 Å². The molecule has 2 aliphatic heterocycles. The van der Waals surface area contributed by atoms with Gasteiger partial charge in [-0.1, -0.05) is 0 Å². The molecule has 2 aromatic rings. The molecule has 0 bridgehead atoms. The highest BCUT2D eigenvalue weighted by Crippen LogP contribution is 2.42. The lowest BCUT2D eigenvalue weighted by atomic mass is 9.86. The van der Waals surface area contributed by atoms with Crippen LogP contribution in [0.1, 0.15) is 96.9 Å². The number of methoxy groups -OCH3 is 2. The van der Waals surface area contributed by atoms with Gasteiger partial charge in [0.25, 0.3) is 0 Å². The van der Waals surface area contributed by atoms with Gasteiger partial charge in [-0.05, 0) is 81.5 Å². The topological polar surface area (TPSA) is 170 Å². The Labute approximate surface area is 298 Å². The van der Waals surface area contributed by atoms with Crippen LogP contribution in [0.15, 0.2) is 35.7 Å². The molecule has 1 atom stereocenters. The Balaban J connectivity index is 0.000000177. The van der Waals surface area contributed by atoms with Crippen LogP contribution in [0.5, 0.6) is 0 Å². The lowest BCUT2D eigenvalue weighted by Crippen LogP contribution is -2.43. The predicted octanol–water partition coefficient (Wildman–Crippen LogP) is 4.14. The van der Waals surface area contributed by atoms with Crippen molar-refractivity contribution in [3.05, 3.63) is 69.3 Å². The van der Waals surface area contributed by atoms with Crippen LogP contribution in [0.3, 0.4) is 0 Å². The fourth-order valence-electron chi connectivity index (χ4n) is 7.36. The van der Waals surface area contributed by atoms with Gasteiger partial charge in [0.2, 0.25) is 0 Å². The maximum atomic E-state index is 12.6. The number of nitrogens with zero attached hydrogens (tertiary/aromatic N) is 6. The average Bonchev–Trinajstić information content (AvgIpc) is 4.00. The number of ether oxygens (including phenoxy) is 2. The molecule has 1 saturated carbocycles. The molecule has 2 saturated heterocycles. The smallest absolute Gasteiger partial charge is 0.179 e. The van der Waals surface area contributed by atoms with Gasteiger partial charge in [-0.3, -0.25) is 24.4 Å². The number of aliphatic hydroxyl groups is 1. The summed E-state index contributed by atoms with van der Waals surface area (Å²) in [5.74, 6) is -0.0702. The number of rotatable bonds is 7. The number of ketones is 2. The normalized spacial score (nSPS) is 21.5. The van der Waals surface area contributed by atoms with Gasteiger partial charge in [0.15, 0.2) is 17.9 Å². The van der Waals surface area contributed by atoms with Crippen molar-refractivity contribution in [2.75, 3.05) is 40.4 Å². The quantitative estimate of drug-likeness (QED) is 0.412. The van der Waals surface area contributed by atoms with Crippen molar-refractivity contribution in [1.29, 1.82) is 10.5 Å². The second-order valence-electron chi connectivity index (χ2n) is 14.6. The molecule has 2 aromatic heterocycles. The summed E-state index contributed by atoms with van der Waals surface area (Å²) in [6, 6.07) is 7.76. The van der Waals surface area contributed by atoms with E-state index in [4.69, 9.17) is 9.47 Å². The van der Waals surface area contributed by atoms with Crippen LogP contribution in [0.4, 0.5) is 0 Å². The molecule has 1 unspecified atom stereocenters. The SMILES string of the molecule is COC1(C)CCN(C2=C(C#N)C(=O)Cc3cnc(C(O)C4CC4)cc32)CC1.COC1(C)CCN(C2=C(C#N)C(=O)Cc3cnc(C=O)cc32)CC1. The molecule has 266 valence electrons. The minimum Gasteiger partial charge on any atom is -0.387 e. The number of nitriles is 2. The molecule has 51 heavy (non-hydrogen) atoms. The van der Waals surface area contributed by atoms with Gasteiger partial charge in [0.05, 0.1) is 34.4 Å². The molecule has 7 rings (SSSR count). The highest BCUT2D eigenvalue weighted by Gasteiger charge is 2.38. The van der Waals surface area contributed by atoms with Crippen LogP contribution in [-0.2, 0) is 31.9 Å². The van der Waals surface area contributed by atoms with Gasteiger partial charge < -0.3 is 24.4 Å². The summed E-state index contributed by atoms with van der Waals surface area (Å²) in [4.78, 5) is 48.6. The number of Topliss-reactive ketones (excluding diaryl/α,β-unsaturated/α-hetero) is 2. The number of allylic oxidation sites excluding steroid dienone is 2. The Kier molecular flexibility index (Phi) is 10.2. The highest BCUT2D eigenvalue weighted by molar-refractivity contribution is 6.10. The van der Waals surface area contributed by atoms with Crippen molar-refractivity contribution in [1.82, 2.24) is 19.8 Å². The van der Waals surface area contributed by atoms with Gasteiger partial charge in [0.1, 0.15) is 29.0 Å². The molecule has 5 aliphatic rings. The van der Waals surface area contributed by atoms with Crippen LogP contribution in [0, 0.1) is 28.6 Å². The zero-order valence-corrected chi connectivity index (χ0v) is 29.7. The fraction of sp³-hybridized carbons (Fsp3) is 0.513. The molecule has 3 fully saturated rings. The van der Waals surface area contributed by atoms with E-state index in [1.54, 1.807) is 32.7 Å². The third-order valence-electron chi connectivity index (χ3n) is 11.2. The van der Waals surface area contributed by atoms with Crippen molar-refractivity contribution in [2.24, 2.45) is 5.92 Å². The van der Waals surface area contributed by atoms with E-state index >= 15 is 0 Å². The van der Waals surface area contributed by atoms with E-state index < -0.39 is 6.10 Å². The summed E-state index contributed by atoms with van der Waals surface area (Å²) in [7, 11) is 3.43. The molecule has 4 heterocycles. The van der Waals surface area contributed by atoms with Crippen LogP contribution in [0.25, 0.3) is 11.4 Å². The molecule has 0 radical (unpaired) electrons. The molecular weight excluding hydrogens is 648 g/mol. The highest BCUT2D eigenvalue weighted by atomic mass is 16.5. The Bertz CT molecular complexity index is 1880. The number of hydrogen-bond donors (Lipinski definition) is 1. The lowest BCUT2D eigenvalue weighted by molar-refractivity contribution is -0.115. The van der Waals surface area contributed by atoms with Crippen LogP contribution in [0.2, 0.25) is 0 Å². The zero-order chi connectivity index (χ0) is 36.5. The van der Waals surface area contributed by atoms with Crippen molar-refractivity contribution >= 4 is 29.2 Å². The number of aldehydes is 1. The van der Waals surface area contributed by atoms with E-state index in [9.17, 15) is 30.0 Å².